The minimum atomic E-state index is 0.244. The predicted octanol–water partition coefficient (Wildman–Crippen LogP) is 1.92. The van der Waals surface area contributed by atoms with Crippen molar-refractivity contribution < 1.29 is 0 Å². The third-order valence-electron chi connectivity index (χ3n) is 2.54. The Morgan fingerprint density at radius 1 is 1.26 bits per heavy atom. The summed E-state index contributed by atoms with van der Waals surface area (Å²) in [5.74, 6) is 0.649. The van der Waals surface area contributed by atoms with E-state index in [1.54, 1.807) is 12.4 Å². The van der Waals surface area contributed by atoms with Crippen LogP contribution in [0.25, 0.3) is 0 Å². The number of rotatable bonds is 4. The first kappa shape index (κ1) is 13.2. The van der Waals surface area contributed by atoms with Crippen molar-refractivity contribution in [1.29, 1.82) is 0 Å². The largest absolute Gasteiger partial charge is 0.388 e. The minimum Gasteiger partial charge on any atom is -0.388 e. The van der Waals surface area contributed by atoms with Gasteiger partial charge in [0.1, 0.15) is 16.5 Å². The second kappa shape index (κ2) is 5.62. The Labute approximate surface area is 117 Å². The fourth-order valence-corrected chi connectivity index (χ4v) is 1.63. The van der Waals surface area contributed by atoms with Gasteiger partial charge in [-0.05, 0) is 18.2 Å². The lowest BCUT2D eigenvalue weighted by molar-refractivity contribution is 1.13. The molecule has 0 fully saturated rings. The van der Waals surface area contributed by atoms with E-state index in [4.69, 9.17) is 18.0 Å². The topological polar surface area (TPSA) is 67.1 Å². The normalized spacial score (nSPS) is 10.0. The highest BCUT2D eigenvalue weighted by Crippen LogP contribution is 2.20. The molecule has 1 heterocycles. The second-order valence-electron chi connectivity index (χ2n) is 4.22. The maximum Gasteiger partial charge on any atom is 0.148 e. The number of hydrogen-bond acceptors (Lipinski definition) is 5. The van der Waals surface area contributed by atoms with Crippen molar-refractivity contribution in [3.05, 3.63) is 42.4 Å². The first-order chi connectivity index (χ1) is 9.06. The van der Waals surface area contributed by atoms with Gasteiger partial charge in [-0.3, -0.25) is 0 Å². The molecular formula is C13H15N5S. The van der Waals surface area contributed by atoms with Gasteiger partial charge in [-0.15, -0.1) is 0 Å². The van der Waals surface area contributed by atoms with Crippen molar-refractivity contribution in [3.8, 4) is 0 Å². The summed E-state index contributed by atoms with van der Waals surface area (Å²) in [4.78, 5) is 10.6. The number of nitrogens with two attached hydrogens (primary N) is 1. The Bertz CT molecular complexity index is 580. The average molecular weight is 273 g/mol. The van der Waals surface area contributed by atoms with E-state index < -0.39 is 0 Å². The number of anilines is 3. The lowest BCUT2D eigenvalue weighted by Gasteiger charge is -2.14. The quantitative estimate of drug-likeness (QED) is 0.830. The molecule has 0 bridgehead atoms. The Hall–Kier alpha value is -2.21. The molecule has 2 rings (SSSR count). The molecule has 0 aliphatic rings. The Kier molecular flexibility index (Phi) is 3.91. The molecule has 98 valence electrons. The first-order valence-electron chi connectivity index (χ1n) is 5.72. The molecule has 6 heteroatoms. The van der Waals surface area contributed by atoms with Gasteiger partial charge < -0.3 is 16.0 Å². The molecule has 0 radical (unpaired) electrons. The second-order valence-corrected chi connectivity index (χ2v) is 4.66. The average Bonchev–Trinajstić information content (AvgIpc) is 2.39. The fraction of sp³-hybridized carbons (Fsp3) is 0.154. The van der Waals surface area contributed by atoms with Crippen LogP contribution in [0.4, 0.5) is 17.2 Å². The zero-order chi connectivity index (χ0) is 13.8. The van der Waals surface area contributed by atoms with Crippen LogP contribution < -0.4 is 16.0 Å². The molecule has 0 saturated heterocycles. The zero-order valence-electron chi connectivity index (χ0n) is 10.8. The van der Waals surface area contributed by atoms with Crippen LogP contribution in [0.1, 0.15) is 5.69 Å². The molecule has 0 amide bonds. The molecule has 0 unspecified atom stereocenters. The molecule has 0 spiro atoms. The first-order valence-corrected chi connectivity index (χ1v) is 6.13. The van der Waals surface area contributed by atoms with Crippen LogP contribution in [0.5, 0.6) is 0 Å². The van der Waals surface area contributed by atoms with E-state index >= 15 is 0 Å². The van der Waals surface area contributed by atoms with E-state index in [2.05, 4.69) is 15.3 Å². The van der Waals surface area contributed by atoms with Crippen LogP contribution in [0.3, 0.4) is 0 Å². The molecule has 5 nitrogen and oxygen atoms in total. The van der Waals surface area contributed by atoms with Gasteiger partial charge in [0.25, 0.3) is 0 Å². The standard InChI is InChI=1S/C13H15N5S/c1-18(2)10-5-3-4-9(6-10)17-12-8-15-11(7-16-12)13(14)19/h3-8H,1-2H3,(H2,14,19)(H,16,17). The van der Waals surface area contributed by atoms with Crippen molar-refractivity contribution >= 4 is 34.4 Å². The van der Waals surface area contributed by atoms with E-state index in [9.17, 15) is 0 Å². The summed E-state index contributed by atoms with van der Waals surface area (Å²) in [5.41, 5.74) is 8.05. The minimum absolute atomic E-state index is 0.244. The van der Waals surface area contributed by atoms with E-state index in [0.717, 1.165) is 11.4 Å². The van der Waals surface area contributed by atoms with Crippen molar-refractivity contribution in [2.45, 2.75) is 0 Å². The summed E-state index contributed by atoms with van der Waals surface area (Å²) in [5, 5.41) is 3.18. The lowest BCUT2D eigenvalue weighted by atomic mass is 10.2. The molecule has 1 aromatic heterocycles. The third-order valence-corrected chi connectivity index (χ3v) is 2.75. The maximum atomic E-state index is 5.47. The van der Waals surface area contributed by atoms with Gasteiger partial charge in [-0.2, -0.15) is 0 Å². The van der Waals surface area contributed by atoms with Crippen LogP contribution >= 0.6 is 12.2 Å². The number of nitrogens with zero attached hydrogens (tertiary/aromatic N) is 3. The van der Waals surface area contributed by atoms with E-state index in [0.29, 0.717) is 11.5 Å². The van der Waals surface area contributed by atoms with Crippen LogP contribution in [0.15, 0.2) is 36.7 Å². The van der Waals surface area contributed by atoms with Crippen LogP contribution in [0, 0.1) is 0 Å². The van der Waals surface area contributed by atoms with E-state index in [1.165, 1.54) is 0 Å². The summed E-state index contributed by atoms with van der Waals surface area (Å²) in [6.07, 6.45) is 3.16. The Balaban J connectivity index is 2.16. The molecule has 0 aliphatic carbocycles. The monoisotopic (exact) mass is 273 g/mol. The summed E-state index contributed by atoms with van der Waals surface area (Å²) in [7, 11) is 3.99. The highest BCUT2D eigenvalue weighted by Gasteiger charge is 2.02. The molecule has 19 heavy (non-hydrogen) atoms. The van der Waals surface area contributed by atoms with Gasteiger partial charge in [0, 0.05) is 25.5 Å². The SMILES string of the molecule is CN(C)c1cccc(Nc2cnc(C(N)=S)cn2)c1. The molecule has 0 saturated carbocycles. The summed E-state index contributed by atoms with van der Waals surface area (Å²) in [6.45, 7) is 0. The molecule has 0 aliphatic heterocycles. The van der Waals surface area contributed by atoms with Crippen molar-refractivity contribution in [2.75, 3.05) is 24.3 Å². The lowest BCUT2D eigenvalue weighted by Crippen LogP contribution is -2.12. The predicted molar refractivity (Wildman–Crippen MR) is 82.0 cm³/mol. The highest BCUT2D eigenvalue weighted by molar-refractivity contribution is 7.80. The van der Waals surface area contributed by atoms with Crippen LogP contribution in [-0.2, 0) is 0 Å². The highest BCUT2D eigenvalue weighted by atomic mass is 32.1. The van der Waals surface area contributed by atoms with E-state index in [1.807, 2.05) is 43.3 Å². The van der Waals surface area contributed by atoms with Gasteiger partial charge >= 0.3 is 0 Å². The molecular weight excluding hydrogens is 258 g/mol. The number of aromatic nitrogens is 2. The summed E-state index contributed by atoms with van der Waals surface area (Å²) >= 11 is 4.83. The number of hydrogen-bond donors (Lipinski definition) is 2. The van der Waals surface area contributed by atoms with Crippen molar-refractivity contribution in [1.82, 2.24) is 9.97 Å². The van der Waals surface area contributed by atoms with Crippen LogP contribution in [-0.4, -0.2) is 29.1 Å². The number of benzene rings is 1. The van der Waals surface area contributed by atoms with Gasteiger partial charge in [-0.25, -0.2) is 9.97 Å². The smallest absolute Gasteiger partial charge is 0.148 e. The summed E-state index contributed by atoms with van der Waals surface area (Å²) < 4.78 is 0. The van der Waals surface area contributed by atoms with Gasteiger partial charge in [-0.1, -0.05) is 18.3 Å². The summed E-state index contributed by atoms with van der Waals surface area (Å²) in [6, 6.07) is 8.01. The molecule has 3 N–H and O–H groups in total. The van der Waals surface area contributed by atoms with Crippen molar-refractivity contribution in [3.63, 3.8) is 0 Å². The van der Waals surface area contributed by atoms with Gasteiger partial charge in [0.05, 0.1) is 12.4 Å². The van der Waals surface area contributed by atoms with Gasteiger partial charge in [0.2, 0.25) is 0 Å². The number of thiocarbonyl (C=S) groups is 1. The fourth-order valence-electron chi connectivity index (χ4n) is 1.53. The molecule has 0 atom stereocenters. The Morgan fingerprint density at radius 2 is 2.05 bits per heavy atom. The molecule has 1 aromatic carbocycles. The number of nitrogens with one attached hydrogen (secondary N) is 1. The van der Waals surface area contributed by atoms with E-state index in [-0.39, 0.29) is 4.99 Å². The van der Waals surface area contributed by atoms with Crippen molar-refractivity contribution in [2.24, 2.45) is 5.73 Å². The van der Waals surface area contributed by atoms with Gasteiger partial charge in [0.15, 0.2) is 0 Å². The molecule has 2 aromatic rings. The Morgan fingerprint density at radius 3 is 2.63 bits per heavy atom. The zero-order valence-corrected chi connectivity index (χ0v) is 11.6. The third kappa shape index (κ3) is 3.38. The maximum absolute atomic E-state index is 5.47. The van der Waals surface area contributed by atoms with Crippen LogP contribution in [0.2, 0.25) is 0 Å².